The summed E-state index contributed by atoms with van der Waals surface area (Å²) in [4.78, 5) is 14.1. The predicted molar refractivity (Wildman–Crippen MR) is 93.3 cm³/mol. The molecule has 0 atom stereocenters. The van der Waals surface area contributed by atoms with Gasteiger partial charge in [-0.2, -0.15) is 0 Å². The van der Waals surface area contributed by atoms with Gasteiger partial charge in [0, 0.05) is 13.1 Å². The highest BCUT2D eigenvalue weighted by molar-refractivity contribution is 9.10. The zero-order chi connectivity index (χ0) is 17.8. The normalized spacial score (nSPS) is 12.1. The van der Waals surface area contributed by atoms with E-state index in [2.05, 4.69) is 15.9 Å². The molecule has 3 rings (SSSR count). The Bertz CT molecular complexity index is 784. The molecule has 1 heterocycles. The molecule has 5 nitrogen and oxygen atoms in total. The number of rotatable bonds is 6. The maximum Gasteiger partial charge on any atom is 0.260 e. The van der Waals surface area contributed by atoms with Gasteiger partial charge in [0.15, 0.2) is 18.1 Å². The van der Waals surface area contributed by atoms with E-state index in [0.717, 1.165) is 5.56 Å². The average Bonchev–Trinajstić information content (AvgIpc) is 3.06. The van der Waals surface area contributed by atoms with Gasteiger partial charge in [0.1, 0.15) is 11.6 Å². The number of carbonyl (C=O) groups is 1. The standard InChI is InChI=1S/C18H17BrFNO4/c1-2-21(9-12-3-5-16-17(7-12)25-11-24-16)18(22)10-23-15-6-4-13(20)8-14(15)19/h3-8H,2,9-11H2,1H3. The van der Waals surface area contributed by atoms with Crippen molar-refractivity contribution in [2.75, 3.05) is 19.9 Å². The fourth-order valence-corrected chi connectivity index (χ4v) is 2.92. The van der Waals surface area contributed by atoms with Crippen LogP contribution in [-0.2, 0) is 11.3 Å². The second kappa shape index (κ2) is 7.74. The number of hydrogen-bond acceptors (Lipinski definition) is 4. The lowest BCUT2D eigenvalue weighted by Gasteiger charge is -2.21. The van der Waals surface area contributed by atoms with Gasteiger partial charge < -0.3 is 19.1 Å². The van der Waals surface area contributed by atoms with Crippen LogP contribution >= 0.6 is 15.9 Å². The lowest BCUT2D eigenvalue weighted by Crippen LogP contribution is -2.34. The van der Waals surface area contributed by atoms with E-state index in [9.17, 15) is 9.18 Å². The minimum atomic E-state index is -0.372. The lowest BCUT2D eigenvalue weighted by molar-refractivity contribution is -0.133. The van der Waals surface area contributed by atoms with Crippen molar-refractivity contribution in [3.8, 4) is 17.2 Å². The molecule has 0 unspecified atom stereocenters. The van der Waals surface area contributed by atoms with Gasteiger partial charge in [0.25, 0.3) is 5.91 Å². The van der Waals surface area contributed by atoms with Crippen LogP contribution in [0.5, 0.6) is 17.2 Å². The summed E-state index contributed by atoms with van der Waals surface area (Å²) in [5, 5.41) is 0. The lowest BCUT2D eigenvalue weighted by atomic mass is 10.2. The molecule has 0 saturated heterocycles. The molecule has 1 aliphatic heterocycles. The Kier molecular flexibility index (Phi) is 5.43. The Morgan fingerprint density at radius 2 is 2.04 bits per heavy atom. The summed E-state index contributed by atoms with van der Waals surface area (Å²) >= 11 is 3.22. The monoisotopic (exact) mass is 409 g/mol. The molecule has 25 heavy (non-hydrogen) atoms. The van der Waals surface area contributed by atoms with E-state index in [0.29, 0.717) is 34.8 Å². The van der Waals surface area contributed by atoms with Crippen LogP contribution in [0.15, 0.2) is 40.9 Å². The van der Waals surface area contributed by atoms with Crippen molar-refractivity contribution in [1.82, 2.24) is 4.90 Å². The van der Waals surface area contributed by atoms with Crippen molar-refractivity contribution in [3.05, 3.63) is 52.3 Å². The molecule has 132 valence electrons. The molecular weight excluding hydrogens is 393 g/mol. The molecule has 7 heteroatoms. The fourth-order valence-electron chi connectivity index (χ4n) is 2.46. The average molecular weight is 410 g/mol. The summed E-state index contributed by atoms with van der Waals surface area (Å²) < 4.78 is 29.7. The van der Waals surface area contributed by atoms with Crippen LogP contribution in [0.1, 0.15) is 12.5 Å². The Balaban J connectivity index is 1.61. The van der Waals surface area contributed by atoms with Crippen LogP contribution in [0.4, 0.5) is 4.39 Å². The van der Waals surface area contributed by atoms with Crippen molar-refractivity contribution >= 4 is 21.8 Å². The number of nitrogens with zero attached hydrogens (tertiary/aromatic N) is 1. The van der Waals surface area contributed by atoms with Crippen molar-refractivity contribution in [1.29, 1.82) is 0 Å². The molecule has 0 saturated carbocycles. The minimum Gasteiger partial charge on any atom is -0.483 e. The van der Waals surface area contributed by atoms with Crippen molar-refractivity contribution in [2.24, 2.45) is 0 Å². The van der Waals surface area contributed by atoms with Crippen molar-refractivity contribution < 1.29 is 23.4 Å². The maximum atomic E-state index is 13.1. The maximum absolute atomic E-state index is 13.1. The highest BCUT2D eigenvalue weighted by Crippen LogP contribution is 2.32. The van der Waals surface area contributed by atoms with Gasteiger partial charge in [0.05, 0.1) is 4.47 Å². The van der Waals surface area contributed by atoms with Gasteiger partial charge in [-0.05, 0) is 58.7 Å². The number of ether oxygens (including phenoxy) is 3. The largest absolute Gasteiger partial charge is 0.483 e. The third kappa shape index (κ3) is 4.22. The molecule has 2 aromatic carbocycles. The number of halogens is 2. The van der Waals surface area contributed by atoms with Gasteiger partial charge in [-0.15, -0.1) is 0 Å². The van der Waals surface area contributed by atoms with E-state index in [1.807, 2.05) is 25.1 Å². The summed E-state index contributed by atoms with van der Waals surface area (Å²) in [6.45, 7) is 2.98. The molecule has 0 aliphatic carbocycles. The Morgan fingerprint density at radius 1 is 1.24 bits per heavy atom. The van der Waals surface area contributed by atoms with E-state index in [-0.39, 0.29) is 25.1 Å². The number of carbonyl (C=O) groups excluding carboxylic acids is 1. The van der Waals surface area contributed by atoms with Gasteiger partial charge in [-0.25, -0.2) is 4.39 Å². The third-order valence-electron chi connectivity index (χ3n) is 3.79. The first-order valence-electron chi connectivity index (χ1n) is 7.81. The number of likely N-dealkylation sites (N-methyl/N-ethyl adjacent to an activating group) is 1. The van der Waals surface area contributed by atoms with Crippen LogP contribution < -0.4 is 14.2 Å². The van der Waals surface area contributed by atoms with Crippen LogP contribution in [0, 0.1) is 5.82 Å². The summed E-state index contributed by atoms with van der Waals surface area (Å²) in [6, 6.07) is 9.68. The molecule has 2 aromatic rings. The Morgan fingerprint density at radius 3 is 2.80 bits per heavy atom. The first kappa shape index (κ1) is 17.5. The zero-order valence-electron chi connectivity index (χ0n) is 13.6. The van der Waals surface area contributed by atoms with Crippen LogP contribution in [0.3, 0.4) is 0 Å². The van der Waals surface area contributed by atoms with E-state index in [1.165, 1.54) is 18.2 Å². The molecule has 0 aromatic heterocycles. The van der Waals surface area contributed by atoms with Gasteiger partial charge >= 0.3 is 0 Å². The SMILES string of the molecule is CCN(Cc1ccc2c(c1)OCO2)C(=O)COc1ccc(F)cc1Br. The van der Waals surface area contributed by atoms with Gasteiger partial charge in [0.2, 0.25) is 6.79 Å². The quantitative estimate of drug-likeness (QED) is 0.728. The molecular formula is C18H17BrFNO4. The van der Waals surface area contributed by atoms with E-state index in [4.69, 9.17) is 14.2 Å². The topological polar surface area (TPSA) is 48.0 Å². The van der Waals surface area contributed by atoms with E-state index in [1.54, 1.807) is 4.90 Å². The Hall–Kier alpha value is -2.28. The molecule has 0 N–H and O–H groups in total. The van der Waals surface area contributed by atoms with E-state index < -0.39 is 0 Å². The van der Waals surface area contributed by atoms with Gasteiger partial charge in [-0.3, -0.25) is 4.79 Å². The van der Waals surface area contributed by atoms with Crippen molar-refractivity contribution in [3.63, 3.8) is 0 Å². The number of hydrogen-bond donors (Lipinski definition) is 0. The molecule has 1 aliphatic rings. The van der Waals surface area contributed by atoms with Crippen LogP contribution in [0.2, 0.25) is 0 Å². The first-order valence-corrected chi connectivity index (χ1v) is 8.60. The second-order valence-electron chi connectivity index (χ2n) is 5.46. The van der Waals surface area contributed by atoms with Crippen LogP contribution in [-0.4, -0.2) is 30.8 Å². The summed E-state index contributed by atoms with van der Waals surface area (Å²) in [6.07, 6.45) is 0. The first-order chi connectivity index (χ1) is 12.1. The smallest absolute Gasteiger partial charge is 0.260 e. The number of fused-ring (bicyclic) bond motifs is 1. The number of amides is 1. The molecule has 0 spiro atoms. The second-order valence-corrected chi connectivity index (χ2v) is 6.31. The summed E-state index contributed by atoms with van der Waals surface area (Å²) in [5.74, 6) is 1.30. The highest BCUT2D eigenvalue weighted by atomic mass is 79.9. The molecule has 1 amide bonds. The molecule has 0 radical (unpaired) electrons. The minimum absolute atomic E-state index is 0.122. The van der Waals surface area contributed by atoms with Gasteiger partial charge in [-0.1, -0.05) is 6.07 Å². The zero-order valence-corrected chi connectivity index (χ0v) is 15.2. The number of benzene rings is 2. The Labute approximate surface area is 153 Å². The third-order valence-corrected chi connectivity index (χ3v) is 4.41. The summed E-state index contributed by atoms with van der Waals surface area (Å²) in [7, 11) is 0. The molecule has 0 fully saturated rings. The molecule has 0 bridgehead atoms. The van der Waals surface area contributed by atoms with Crippen LogP contribution in [0.25, 0.3) is 0 Å². The summed E-state index contributed by atoms with van der Waals surface area (Å²) in [5.41, 5.74) is 0.947. The predicted octanol–water partition coefficient (Wildman–Crippen LogP) is 3.74. The van der Waals surface area contributed by atoms with Crippen molar-refractivity contribution in [2.45, 2.75) is 13.5 Å². The fraction of sp³-hybridized carbons (Fsp3) is 0.278. The van der Waals surface area contributed by atoms with E-state index >= 15 is 0 Å². The highest BCUT2D eigenvalue weighted by Gasteiger charge is 2.17.